The number of carboxylic acid groups (broad SMARTS) is 1. The van der Waals surface area contributed by atoms with Crippen LogP contribution in [0.5, 0.6) is 5.75 Å². The van der Waals surface area contributed by atoms with E-state index in [0.717, 1.165) is 22.2 Å². The topological polar surface area (TPSA) is 46.5 Å². The molecule has 0 aliphatic carbocycles. The summed E-state index contributed by atoms with van der Waals surface area (Å²) in [5, 5.41) is 8.80. The first-order valence-electron chi connectivity index (χ1n) is 5.30. The fourth-order valence-corrected chi connectivity index (χ4v) is 1.96. The minimum Gasteiger partial charge on any atom is -0.492 e. The average molecular weight is 334 g/mol. The van der Waals surface area contributed by atoms with Crippen molar-refractivity contribution in [1.82, 2.24) is 0 Å². The van der Waals surface area contributed by atoms with Crippen LogP contribution in [0, 0.1) is 3.57 Å². The van der Waals surface area contributed by atoms with Crippen LogP contribution in [0.15, 0.2) is 18.2 Å². The molecule has 1 N–H and O–H groups in total. The lowest BCUT2D eigenvalue weighted by atomic mass is 10.2. The normalized spacial score (nSPS) is 10.1. The Kier molecular flexibility index (Phi) is 5.59. The molecule has 0 fully saturated rings. The summed E-state index contributed by atoms with van der Waals surface area (Å²) in [6.45, 7) is 2.83. The molecule has 3 nitrogen and oxygen atoms in total. The number of benzene rings is 1. The van der Waals surface area contributed by atoms with E-state index in [-0.39, 0.29) is 0 Å². The first kappa shape index (κ1) is 13.3. The molecule has 4 heteroatoms. The second-order valence-electron chi connectivity index (χ2n) is 3.51. The van der Waals surface area contributed by atoms with Gasteiger partial charge in [0, 0.05) is 0 Å². The molecule has 0 saturated heterocycles. The lowest BCUT2D eigenvalue weighted by Gasteiger charge is -2.08. The third kappa shape index (κ3) is 4.00. The Hall–Kier alpha value is -0.780. The molecule has 0 aliphatic heterocycles. The van der Waals surface area contributed by atoms with Crippen molar-refractivity contribution in [3.63, 3.8) is 0 Å². The number of carbonyl (C=O) groups is 1. The van der Waals surface area contributed by atoms with Gasteiger partial charge < -0.3 is 9.84 Å². The number of rotatable bonds is 6. The molecule has 0 aliphatic rings. The van der Waals surface area contributed by atoms with E-state index in [0.29, 0.717) is 12.2 Å². The highest BCUT2D eigenvalue weighted by Crippen LogP contribution is 2.22. The third-order valence-corrected chi connectivity index (χ3v) is 3.03. The predicted molar refractivity (Wildman–Crippen MR) is 71.1 cm³/mol. The van der Waals surface area contributed by atoms with E-state index in [1.165, 1.54) is 6.42 Å². The largest absolute Gasteiger partial charge is 0.492 e. The molecule has 1 aromatic rings. The van der Waals surface area contributed by atoms with Crippen LogP contribution in [0.2, 0.25) is 0 Å². The minimum atomic E-state index is -0.907. The number of carboxylic acids is 1. The van der Waals surface area contributed by atoms with Crippen LogP contribution in [-0.2, 0) is 0 Å². The average Bonchev–Trinajstić information content (AvgIpc) is 2.26. The zero-order valence-electron chi connectivity index (χ0n) is 9.20. The van der Waals surface area contributed by atoms with Gasteiger partial charge in [0.25, 0.3) is 0 Å². The number of aromatic carboxylic acids is 1. The van der Waals surface area contributed by atoms with E-state index in [1.54, 1.807) is 18.2 Å². The van der Waals surface area contributed by atoms with Crippen LogP contribution in [0.3, 0.4) is 0 Å². The van der Waals surface area contributed by atoms with E-state index in [1.807, 2.05) is 0 Å². The smallest absolute Gasteiger partial charge is 0.335 e. The van der Waals surface area contributed by atoms with Crippen LogP contribution in [0.4, 0.5) is 0 Å². The summed E-state index contributed by atoms with van der Waals surface area (Å²) >= 11 is 2.09. The fourth-order valence-electron chi connectivity index (χ4n) is 1.29. The van der Waals surface area contributed by atoms with Crippen molar-refractivity contribution in [2.45, 2.75) is 26.2 Å². The summed E-state index contributed by atoms with van der Waals surface area (Å²) in [5.41, 5.74) is 0.297. The second kappa shape index (κ2) is 6.73. The maximum absolute atomic E-state index is 10.7. The van der Waals surface area contributed by atoms with Gasteiger partial charge in [-0.25, -0.2) is 4.79 Å². The van der Waals surface area contributed by atoms with Gasteiger partial charge in [0.05, 0.1) is 15.7 Å². The molecule has 1 aromatic carbocycles. The van der Waals surface area contributed by atoms with E-state index < -0.39 is 5.97 Å². The minimum absolute atomic E-state index is 0.297. The highest BCUT2D eigenvalue weighted by Gasteiger charge is 2.07. The van der Waals surface area contributed by atoms with Crippen molar-refractivity contribution >= 4 is 28.6 Å². The van der Waals surface area contributed by atoms with E-state index in [9.17, 15) is 4.79 Å². The Morgan fingerprint density at radius 1 is 1.44 bits per heavy atom. The Morgan fingerprint density at radius 3 is 2.75 bits per heavy atom. The van der Waals surface area contributed by atoms with Crippen LogP contribution < -0.4 is 4.74 Å². The number of hydrogen-bond acceptors (Lipinski definition) is 2. The predicted octanol–water partition coefficient (Wildman–Crippen LogP) is 3.56. The van der Waals surface area contributed by atoms with Gasteiger partial charge in [-0.05, 0) is 47.2 Å². The summed E-state index contributed by atoms with van der Waals surface area (Å²) < 4.78 is 6.41. The van der Waals surface area contributed by atoms with E-state index in [2.05, 4.69) is 29.5 Å². The van der Waals surface area contributed by atoms with Gasteiger partial charge in [0.1, 0.15) is 5.75 Å². The SMILES string of the molecule is CCCCCOc1ccc(C(=O)O)cc1I. The fraction of sp³-hybridized carbons (Fsp3) is 0.417. The Balaban J connectivity index is 2.57. The molecule has 88 valence electrons. The maximum Gasteiger partial charge on any atom is 0.335 e. The van der Waals surface area contributed by atoms with E-state index in [4.69, 9.17) is 9.84 Å². The number of ether oxygens (including phenoxy) is 1. The number of unbranched alkanes of at least 4 members (excludes halogenated alkanes) is 2. The summed E-state index contributed by atoms with van der Waals surface area (Å²) in [7, 11) is 0. The van der Waals surface area contributed by atoms with Gasteiger partial charge in [-0.3, -0.25) is 0 Å². The van der Waals surface area contributed by atoms with Crippen molar-refractivity contribution in [1.29, 1.82) is 0 Å². The molecule has 0 amide bonds. The zero-order chi connectivity index (χ0) is 12.0. The van der Waals surface area contributed by atoms with Crippen LogP contribution in [0.1, 0.15) is 36.5 Å². The molecule has 0 bridgehead atoms. The maximum atomic E-state index is 10.7. The molecule has 0 radical (unpaired) electrons. The molecule has 0 unspecified atom stereocenters. The molecule has 0 saturated carbocycles. The molecule has 0 atom stereocenters. The van der Waals surface area contributed by atoms with Crippen molar-refractivity contribution in [2.24, 2.45) is 0 Å². The Labute approximate surface area is 109 Å². The lowest BCUT2D eigenvalue weighted by Crippen LogP contribution is -2.01. The Morgan fingerprint density at radius 2 is 2.19 bits per heavy atom. The molecule has 0 aromatic heterocycles. The Bertz CT molecular complexity index is 363. The molecule has 0 spiro atoms. The van der Waals surface area contributed by atoms with Gasteiger partial charge in [0.2, 0.25) is 0 Å². The van der Waals surface area contributed by atoms with Gasteiger partial charge in [0.15, 0.2) is 0 Å². The monoisotopic (exact) mass is 334 g/mol. The van der Waals surface area contributed by atoms with Gasteiger partial charge >= 0.3 is 5.97 Å². The summed E-state index contributed by atoms with van der Waals surface area (Å²) in [6.07, 6.45) is 3.36. The second-order valence-corrected chi connectivity index (χ2v) is 4.67. The summed E-state index contributed by atoms with van der Waals surface area (Å²) in [4.78, 5) is 10.7. The van der Waals surface area contributed by atoms with Gasteiger partial charge in [-0.15, -0.1) is 0 Å². The highest BCUT2D eigenvalue weighted by molar-refractivity contribution is 14.1. The van der Waals surface area contributed by atoms with Crippen molar-refractivity contribution < 1.29 is 14.6 Å². The first-order chi connectivity index (χ1) is 7.65. The van der Waals surface area contributed by atoms with Crippen LogP contribution in [0.25, 0.3) is 0 Å². The standard InChI is InChI=1S/C12H15IO3/c1-2-3-4-7-16-11-6-5-9(12(14)15)8-10(11)13/h5-6,8H,2-4,7H2,1H3,(H,14,15). The lowest BCUT2D eigenvalue weighted by molar-refractivity contribution is 0.0697. The van der Waals surface area contributed by atoms with E-state index >= 15 is 0 Å². The van der Waals surface area contributed by atoms with Crippen molar-refractivity contribution in [3.05, 3.63) is 27.3 Å². The summed E-state index contributed by atoms with van der Waals surface area (Å²) in [6, 6.07) is 4.91. The molecule has 0 heterocycles. The van der Waals surface area contributed by atoms with Crippen molar-refractivity contribution in [2.75, 3.05) is 6.61 Å². The number of hydrogen-bond donors (Lipinski definition) is 1. The zero-order valence-corrected chi connectivity index (χ0v) is 11.4. The molecular formula is C12H15IO3. The molecule has 16 heavy (non-hydrogen) atoms. The third-order valence-electron chi connectivity index (χ3n) is 2.18. The highest BCUT2D eigenvalue weighted by atomic mass is 127. The van der Waals surface area contributed by atoms with Gasteiger partial charge in [-0.2, -0.15) is 0 Å². The molecular weight excluding hydrogens is 319 g/mol. The first-order valence-corrected chi connectivity index (χ1v) is 6.38. The van der Waals surface area contributed by atoms with Crippen LogP contribution in [-0.4, -0.2) is 17.7 Å². The van der Waals surface area contributed by atoms with Crippen molar-refractivity contribution in [3.8, 4) is 5.75 Å². The van der Waals surface area contributed by atoms with Crippen LogP contribution >= 0.6 is 22.6 Å². The summed E-state index contributed by atoms with van der Waals surface area (Å²) in [5.74, 6) is -0.142. The quantitative estimate of drug-likeness (QED) is 0.639. The molecule has 1 rings (SSSR count). The number of halogens is 1. The van der Waals surface area contributed by atoms with Gasteiger partial charge in [-0.1, -0.05) is 19.8 Å².